The lowest BCUT2D eigenvalue weighted by atomic mass is 9.95. The number of hydrogen-bond acceptors (Lipinski definition) is 5. The number of benzene rings is 1. The van der Waals surface area contributed by atoms with Crippen LogP contribution in [0.4, 0.5) is 0 Å². The van der Waals surface area contributed by atoms with Crippen LogP contribution in [0.1, 0.15) is 59.2 Å². The van der Waals surface area contributed by atoms with Crippen molar-refractivity contribution < 1.29 is 29.3 Å². The standard InChI is InChI=1S/C19H24N2O6/c22-17(21-13-4-2-1-3-5-13)11-6-12(18(23)24)8-14(7-11)27-15-9-16(19(25)26)20-10-15/h6-8,13,15-16,20H,1-5,9-10H2,(H,21,22)(H,23,24)(H,25,26). The molecule has 2 atom stereocenters. The predicted octanol–water partition coefficient (Wildman–Crippen LogP) is 1.64. The van der Waals surface area contributed by atoms with Gasteiger partial charge in [-0.05, 0) is 31.0 Å². The van der Waals surface area contributed by atoms with Gasteiger partial charge in [0.05, 0.1) is 5.56 Å². The fourth-order valence-corrected chi connectivity index (χ4v) is 3.61. The molecule has 1 amide bonds. The van der Waals surface area contributed by atoms with Crippen LogP contribution in [0.25, 0.3) is 0 Å². The molecular weight excluding hydrogens is 352 g/mol. The Morgan fingerprint density at radius 3 is 2.37 bits per heavy atom. The minimum atomic E-state index is -1.15. The van der Waals surface area contributed by atoms with Crippen LogP contribution in [0.3, 0.4) is 0 Å². The fraction of sp³-hybridized carbons (Fsp3) is 0.526. The van der Waals surface area contributed by atoms with Crippen molar-refractivity contribution in [3.05, 3.63) is 29.3 Å². The highest BCUT2D eigenvalue weighted by Gasteiger charge is 2.30. The largest absolute Gasteiger partial charge is 0.489 e. The van der Waals surface area contributed by atoms with Gasteiger partial charge in [-0.25, -0.2) is 4.79 Å². The van der Waals surface area contributed by atoms with Crippen LogP contribution in [-0.4, -0.2) is 52.8 Å². The molecule has 1 aromatic carbocycles. The fourth-order valence-electron chi connectivity index (χ4n) is 3.61. The van der Waals surface area contributed by atoms with Gasteiger partial charge >= 0.3 is 11.9 Å². The molecule has 2 aliphatic rings. The lowest BCUT2D eigenvalue weighted by Gasteiger charge is -2.23. The van der Waals surface area contributed by atoms with E-state index in [1.54, 1.807) is 0 Å². The molecule has 27 heavy (non-hydrogen) atoms. The number of ether oxygens (including phenoxy) is 1. The molecule has 2 fully saturated rings. The molecule has 2 unspecified atom stereocenters. The Hall–Kier alpha value is -2.61. The first-order valence-electron chi connectivity index (χ1n) is 9.24. The smallest absolute Gasteiger partial charge is 0.335 e. The monoisotopic (exact) mass is 376 g/mol. The van der Waals surface area contributed by atoms with Gasteiger partial charge in [-0.3, -0.25) is 9.59 Å². The number of carboxylic acid groups (broad SMARTS) is 2. The highest BCUT2D eigenvalue weighted by atomic mass is 16.5. The number of amides is 1. The van der Waals surface area contributed by atoms with Gasteiger partial charge in [0.25, 0.3) is 5.91 Å². The molecule has 3 rings (SSSR count). The summed E-state index contributed by atoms with van der Waals surface area (Å²) in [6, 6.07) is 3.62. The van der Waals surface area contributed by atoms with Gasteiger partial charge in [0.2, 0.25) is 0 Å². The molecule has 1 aromatic rings. The molecule has 1 aliphatic heterocycles. The summed E-state index contributed by atoms with van der Waals surface area (Å²) in [5, 5.41) is 24.2. The Morgan fingerprint density at radius 1 is 1.04 bits per heavy atom. The molecule has 146 valence electrons. The van der Waals surface area contributed by atoms with Crippen molar-refractivity contribution in [2.45, 2.75) is 56.7 Å². The SMILES string of the molecule is O=C(O)c1cc(OC2CNC(C(=O)O)C2)cc(C(=O)NC2CCCCC2)c1. The number of nitrogens with one attached hydrogen (secondary N) is 2. The van der Waals surface area contributed by atoms with E-state index in [1.165, 1.54) is 24.6 Å². The highest BCUT2D eigenvalue weighted by molar-refractivity contribution is 5.98. The van der Waals surface area contributed by atoms with Crippen LogP contribution in [0.15, 0.2) is 18.2 Å². The van der Waals surface area contributed by atoms with Crippen LogP contribution < -0.4 is 15.4 Å². The summed E-state index contributed by atoms with van der Waals surface area (Å²) in [4.78, 5) is 35.0. The number of aliphatic carboxylic acids is 1. The molecule has 1 heterocycles. The number of carbonyl (C=O) groups excluding carboxylic acids is 1. The summed E-state index contributed by atoms with van der Waals surface area (Å²) >= 11 is 0. The lowest BCUT2D eigenvalue weighted by molar-refractivity contribution is -0.139. The average Bonchev–Trinajstić information content (AvgIpc) is 3.11. The first kappa shape index (κ1) is 19.2. The molecule has 4 N–H and O–H groups in total. The highest BCUT2D eigenvalue weighted by Crippen LogP contribution is 2.23. The Kier molecular flexibility index (Phi) is 5.95. The van der Waals surface area contributed by atoms with Crippen LogP contribution in [0.5, 0.6) is 5.75 Å². The summed E-state index contributed by atoms with van der Waals surface area (Å²) in [5.74, 6) is -2.17. The number of carboxylic acids is 2. The van der Waals surface area contributed by atoms with Crippen molar-refractivity contribution in [3.63, 3.8) is 0 Å². The Balaban J connectivity index is 1.73. The molecule has 0 bridgehead atoms. The average molecular weight is 376 g/mol. The van der Waals surface area contributed by atoms with E-state index >= 15 is 0 Å². The van der Waals surface area contributed by atoms with Gasteiger partial charge in [-0.15, -0.1) is 0 Å². The van der Waals surface area contributed by atoms with Crippen LogP contribution in [0, 0.1) is 0 Å². The maximum atomic E-state index is 12.6. The van der Waals surface area contributed by atoms with Crippen molar-refractivity contribution in [2.24, 2.45) is 0 Å². The summed E-state index contributed by atoms with van der Waals surface area (Å²) in [7, 11) is 0. The summed E-state index contributed by atoms with van der Waals surface area (Å²) in [6.07, 6.45) is 5.06. The molecule has 1 saturated carbocycles. The first-order valence-corrected chi connectivity index (χ1v) is 9.24. The van der Waals surface area contributed by atoms with Gasteiger partial charge < -0.3 is 25.6 Å². The Labute approximate surface area is 156 Å². The molecule has 8 nitrogen and oxygen atoms in total. The zero-order valence-electron chi connectivity index (χ0n) is 14.9. The third-order valence-electron chi connectivity index (χ3n) is 5.05. The van der Waals surface area contributed by atoms with E-state index in [0.717, 1.165) is 25.7 Å². The maximum absolute atomic E-state index is 12.6. The topological polar surface area (TPSA) is 125 Å². The molecule has 1 saturated heterocycles. The third kappa shape index (κ3) is 4.97. The number of aromatic carboxylic acids is 1. The number of carbonyl (C=O) groups is 3. The molecule has 0 radical (unpaired) electrons. The summed E-state index contributed by atoms with van der Waals surface area (Å²) in [5.41, 5.74) is 0.193. The molecule has 1 aliphatic carbocycles. The third-order valence-corrected chi connectivity index (χ3v) is 5.05. The van der Waals surface area contributed by atoms with Gasteiger partial charge in [0.1, 0.15) is 17.9 Å². The number of hydrogen-bond donors (Lipinski definition) is 4. The molecular formula is C19H24N2O6. The van der Waals surface area contributed by atoms with E-state index in [0.29, 0.717) is 6.54 Å². The van der Waals surface area contributed by atoms with E-state index in [9.17, 15) is 19.5 Å². The van der Waals surface area contributed by atoms with E-state index in [2.05, 4.69) is 10.6 Å². The van der Waals surface area contributed by atoms with Crippen molar-refractivity contribution in [1.82, 2.24) is 10.6 Å². The van der Waals surface area contributed by atoms with E-state index in [1.807, 2.05) is 0 Å². The second kappa shape index (κ2) is 8.39. The van der Waals surface area contributed by atoms with Gasteiger partial charge in [0.15, 0.2) is 0 Å². The van der Waals surface area contributed by atoms with Crippen molar-refractivity contribution >= 4 is 17.8 Å². The second-order valence-corrected chi connectivity index (χ2v) is 7.13. The van der Waals surface area contributed by atoms with Gasteiger partial charge in [-0.2, -0.15) is 0 Å². The zero-order chi connectivity index (χ0) is 19.4. The van der Waals surface area contributed by atoms with E-state index in [4.69, 9.17) is 9.84 Å². The second-order valence-electron chi connectivity index (χ2n) is 7.13. The van der Waals surface area contributed by atoms with Crippen molar-refractivity contribution in [1.29, 1.82) is 0 Å². The molecule has 0 aromatic heterocycles. The number of rotatable bonds is 6. The summed E-state index contributed by atoms with van der Waals surface area (Å²) in [6.45, 7) is 0.345. The Bertz CT molecular complexity index is 729. The van der Waals surface area contributed by atoms with E-state index < -0.39 is 24.1 Å². The minimum absolute atomic E-state index is 0.0398. The Morgan fingerprint density at radius 2 is 1.74 bits per heavy atom. The minimum Gasteiger partial charge on any atom is -0.489 e. The van der Waals surface area contributed by atoms with Crippen LogP contribution in [0.2, 0.25) is 0 Å². The first-order chi connectivity index (χ1) is 12.9. The van der Waals surface area contributed by atoms with Crippen molar-refractivity contribution in [3.8, 4) is 5.75 Å². The van der Waals surface area contributed by atoms with Crippen LogP contribution >= 0.6 is 0 Å². The molecule has 0 spiro atoms. The van der Waals surface area contributed by atoms with Gasteiger partial charge in [-0.1, -0.05) is 19.3 Å². The molecule has 8 heteroatoms. The quantitative estimate of drug-likeness (QED) is 0.595. The van der Waals surface area contributed by atoms with Gasteiger partial charge in [0, 0.05) is 24.6 Å². The summed E-state index contributed by atoms with van der Waals surface area (Å²) < 4.78 is 5.76. The van der Waals surface area contributed by atoms with Crippen molar-refractivity contribution in [2.75, 3.05) is 6.54 Å². The van der Waals surface area contributed by atoms with Crippen LogP contribution in [-0.2, 0) is 4.79 Å². The normalized spacial score (nSPS) is 23.0. The lowest BCUT2D eigenvalue weighted by Crippen LogP contribution is -2.36. The maximum Gasteiger partial charge on any atom is 0.335 e. The zero-order valence-corrected chi connectivity index (χ0v) is 14.9. The predicted molar refractivity (Wildman–Crippen MR) is 96.2 cm³/mol. The van der Waals surface area contributed by atoms with E-state index in [-0.39, 0.29) is 35.2 Å².